The number of hydrogen-bond donors (Lipinski definition) is 4. The lowest BCUT2D eigenvalue weighted by molar-refractivity contribution is -0.139. The van der Waals surface area contributed by atoms with Crippen LogP contribution in [-0.2, 0) is 22.6 Å². The van der Waals surface area contributed by atoms with Gasteiger partial charge in [-0.2, -0.15) is 0 Å². The van der Waals surface area contributed by atoms with E-state index < -0.39 is 18.1 Å². The molecule has 0 saturated carbocycles. The molecule has 1 fully saturated rings. The van der Waals surface area contributed by atoms with E-state index in [1.165, 1.54) is 5.56 Å². The summed E-state index contributed by atoms with van der Waals surface area (Å²) < 4.78 is 5.19. The molecule has 1 amide bonds. The Hall–Kier alpha value is -4.41. The van der Waals surface area contributed by atoms with Crippen molar-refractivity contribution in [3.8, 4) is 0 Å². The van der Waals surface area contributed by atoms with Crippen molar-refractivity contribution >= 4 is 29.5 Å². The van der Waals surface area contributed by atoms with E-state index in [1.54, 1.807) is 0 Å². The van der Waals surface area contributed by atoms with E-state index in [9.17, 15) is 14.7 Å². The number of anilines is 3. The van der Waals surface area contributed by atoms with Crippen LogP contribution >= 0.6 is 0 Å². The number of amides is 1. The molecule has 2 aliphatic heterocycles. The van der Waals surface area contributed by atoms with Crippen LogP contribution < -0.4 is 20.9 Å². The zero-order valence-corrected chi connectivity index (χ0v) is 23.5. The molecule has 2 aromatic heterocycles. The number of nitrogens with one attached hydrogen (secondary N) is 3. The molecule has 0 aliphatic carbocycles. The van der Waals surface area contributed by atoms with Gasteiger partial charge in [-0.3, -0.25) is 0 Å². The molecule has 1 aromatic carbocycles. The molecule has 1 atom stereocenters. The van der Waals surface area contributed by atoms with E-state index in [2.05, 4.69) is 38.0 Å². The van der Waals surface area contributed by atoms with Gasteiger partial charge >= 0.3 is 12.1 Å². The Morgan fingerprint density at radius 2 is 1.88 bits per heavy atom. The summed E-state index contributed by atoms with van der Waals surface area (Å²) >= 11 is 0. The third kappa shape index (κ3) is 7.03. The number of alkyl carbamates (subject to hydrolysis) is 1. The Labute approximate surface area is 239 Å². The van der Waals surface area contributed by atoms with Gasteiger partial charge in [0.2, 0.25) is 0 Å². The molecule has 0 radical (unpaired) electrons. The standard InChI is InChI=1S/C30H37N7O4/c1-19-26(32-17-25(29(38)39)36-30(40)41-18-21-7-4-3-5-8-21)33-20(2)34-28(19)37-15-12-22(13-16-37)24-11-10-23-9-6-14-31-27(23)35-24/h3-5,7-8,10-11,22,25H,6,9,12-18H2,1-2H3,(H,31,35)(H,36,40)(H,38,39)(H,32,33,34). The number of rotatable bonds is 9. The van der Waals surface area contributed by atoms with Crippen molar-refractivity contribution in [2.75, 3.05) is 41.7 Å². The number of carbonyl (C=O) groups excluding carboxylic acids is 1. The van der Waals surface area contributed by atoms with Crippen LogP contribution in [0.3, 0.4) is 0 Å². The molecule has 4 N–H and O–H groups in total. The number of carboxylic acid groups (broad SMARTS) is 1. The highest BCUT2D eigenvalue weighted by molar-refractivity contribution is 5.80. The number of fused-ring (bicyclic) bond motifs is 1. The summed E-state index contributed by atoms with van der Waals surface area (Å²) in [7, 11) is 0. The van der Waals surface area contributed by atoms with Crippen molar-refractivity contribution in [1.29, 1.82) is 0 Å². The fraction of sp³-hybridized carbons (Fsp3) is 0.433. The fourth-order valence-corrected chi connectivity index (χ4v) is 5.36. The van der Waals surface area contributed by atoms with Gasteiger partial charge in [0.25, 0.3) is 0 Å². The first-order valence-electron chi connectivity index (χ1n) is 14.1. The fourth-order valence-electron chi connectivity index (χ4n) is 5.36. The molecule has 216 valence electrons. The highest BCUT2D eigenvalue weighted by atomic mass is 16.5. The number of carbonyl (C=O) groups is 2. The molecule has 11 heteroatoms. The largest absolute Gasteiger partial charge is 0.480 e. The van der Waals surface area contributed by atoms with Crippen LogP contribution in [0, 0.1) is 13.8 Å². The topological polar surface area (TPSA) is 142 Å². The molecule has 11 nitrogen and oxygen atoms in total. The third-order valence-corrected chi connectivity index (χ3v) is 7.64. The van der Waals surface area contributed by atoms with Gasteiger partial charge in [0.05, 0.1) is 0 Å². The van der Waals surface area contributed by atoms with Gasteiger partial charge in [-0.05, 0) is 56.7 Å². The number of aliphatic carboxylic acids is 1. The second kappa shape index (κ2) is 12.8. The summed E-state index contributed by atoms with van der Waals surface area (Å²) in [5, 5.41) is 18.7. The van der Waals surface area contributed by atoms with Crippen LogP contribution in [0.1, 0.15) is 53.4 Å². The summed E-state index contributed by atoms with van der Waals surface area (Å²) in [6, 6.07) is 12.4. The van der Waals surface area contributed by atoms with E-state index in [0.29, 0.717) is 17.6 Å². The van der Waals surface area contributed by atoms with Gasteiger partial charge in [-0.15, -0.1) is 0 Å². The van der Waals surface area contributed by atoms with E-state index in [0.717, 1.165) is 73.8 Å². The second-order valence-electron chi connectivity index (χ2n) is 10.6. The third-order valence-electron chi connectivity index (χ3n) is 7.64. The summed E-state index contributed by atoms with van der Waals surface area (Å²) in [6.45, 7) is 6.38. The highest BCUT2D eigenvalue weighted by Gasteiger charge is 2.26. The predicted octanol–water partition coefficient (Wildman–Crippen LogP) is 4.02. The minimum atomic E-state index is -1.20. The maximum absolute atomic E-state index is 12.3. The zero-order valence-electron chi connectivity index (χ0n) is 23.5. The number of ether oxygens (including phenoxy) is 1. The van der Waals surface area contributed by atoms with E-state index >= 15 is 0 Å². The lowest BCUT2D eigenvalue weighted by Crippen LogP contribution is -2.45. The quantitative estimate of drug-likeness (QED) is 0.304. The SMILES string of the molecule is Cc1nc(NCC(NC(=O)OCc2ccccc2)C(=O)O)c(C)c(N2CCC(c3ccc4c(n3)NCCC4)CC2)n1. The zero-order chi connectivity index (χ0) is 28.8. The predicted molar refractivity (Wildman–Crippen MR) is 156 cm³/mol. The van der Waals surface area contributed by atoms with Gasteiger partial charge in [-0.25, -0.2) is 24.5 Å². The Balaban J connectivity index is 1.19. The summed E-state index contributed by atoms with van der Waals surface area (Å²) in [5.41, 5.74) is 4.09. The lowest BCUT2D eigenvalue weighted by atomic mass is 9.92. The van der Waals surface area contributed by atoms with Crippen LogP contribution in [-0.4, -0.2) is 64.3 Å². The molecule has 4 heterocycles. The minimum absolute atomic E-state index is 0.0517. The summed E-state index contributed by atoms with van der Waals surface area (Å²) in [5.74, 6) is 2.21. The Kier molecular flexibility index (Phi) is 8.81. The van der Waals surface area contributed by atoms with Crippen molar-refractivity contribution in [3.05, 3.63) is 70.7 Å². The molecule has 3 aromatic rings. The average Bonchev–Trinajstić information content (AvgIpc) is 2.99. The Bertz CT molecular complexity index is 1380. The summed E-state index contributed by atoms with van der Waals surface area (Å²) in [4.78, 5) is 40.5. The molecule has 41 heavy (non-hydrogen) atoms. The number of benzene rings is 1. The Morgan fingerprint density at radius 3 is 2.63 bits per heavy atom. The van der Waals surface area contributed by atoms with E-state index in [1.807, 2.05) is 44.2 Å². The highest BCUT2D eigenvalue weighted by Crippen LogP contribution is 2.33. The van der Waals surface area contributed by atoms with Crippen LogP contribution in [0.4, 0.5) is 22.2 Å². The molecule has 1 saturated heterocycles. The van der Waals surface area contributed by atoms with E-state index in [4.69, 9.17) is 14.7 Å². The number of pyridine rings is 1. The van der Waals surface area contributed by atoms with Crippen molar-refractivity contribution in [3.63, 3.8) is 0 Å². The maximum Gasteiger partial charge on any atom is 0.408 e. The number of hydrogen-bond acceptors (Lipinski definition) is 9. The van der Waals surface area contributed by atoms with Gasteiger partial charge in [0.15, 0.2) is 0 Å². The summed E-state index contributed by atoms with van der Waals surface area (Å²) in [6.07, 6.45) is 3.36. The normalized spacial score (nSPS) is 15.8. The van der Waals surface area contributed by atoms with Crippen LogP contribution in [0.5, 0.6) is 0 Å². The van der Waals surface area contributed by atoms with Crippen molar-refractivity contribution in [2.24, 2.45) is 0 Å². The van der Waals surface area contributed by atoms with Gasteiger partial charge in [0, 0.05) is 43.4 Å². The van der Waals surface area contributed by atoms with Crippen molar-refractivity contribution in [1.82, 2.24) is 20.3 Å². The minimum Gasteiger partial charge on any atom is -0.480 e. The molecule has 1 unspecified atom stereocenters. The number of carboxylic acids is 1. The number of aryl methyl sites for hydroxylation is 2. The molecular weight excluding hydrogens is 522 g/mol. The molecule has 5 rings (SSSR count). The van der Waals surface area contributed by atoms with E-state index in [-0.39, 0.29) is 13.2 Å². The Morgan fingerprint density at radius 1 is 1.10 bits per heavy atom. The number of aromatic nitrogens is 3. The molecular formula is C30H37N7O4. The maximum atomic E-state index is 12.3. The van der Waals surface area contributed by atoms with Crippen molar-refractivity contribution in [2.45, 2.75) is 58.1 Å². The van der Waals surface area contributed by atoms with Crippen LogP contribution in [0.15, 0.2) is 42.5 Å². The number of nitrogens with zero attached hydrogens (tertiary/aromatic N) is 4. The molecule has 0 bridgehead atoms. The smallest absolute Gasteiger partial charge is 0.408 e. The first kappa shape index (κ1) is 28.1. The van der Waals surface area contributed by atoms with Crippen LogP contribution in [0.2, 0.25) is 0 Å². The van der Waals surface area contributed by atoms with Crippen molar-refractivity contribution < 1.29 is 19.4 Å². The first-order valence-corrected chi connectivity index (χ1v) is 14.1. The van der Waals surface area contributed by atoms with Gasteiger partial charge in [0.1, 0.15) is 35.9 Å². The van der Waals surface area contributed by atoms with Crippen LogP contribution in [0.25, 0.3) is 0 Å². The number of piperidine rings is 1. The average molecular weight is 560 g/mol. The molecule has 0 spiro atoms. The van der Waals surface area contributed by atoms with Gasteiger partial charge < -0.3 is 30.7 Å². The molecule has 2 aliphatic rings. The monoisotopic (exact) mass is 559 g/mol. The first-order chi connectivity index (χ1) is 19.9. The lowest BCUT2D eigenvalue weighted by Gasteiger charge is -2.34. The van der Waals surface area contributed by atoms with Gasteiger partial charge in [-0.1, -0.05) is 36.4 Å². The second-order valence-corrected chi connectivity index (χ2v) is 10.6.